The number of nitrogens with zero attached hydrogens (tertiary/aromatic N) is 1. The molecule has 5 aliphatic carbocycles. The van der Waals surface area contributed by atoms with Gasteiger partial charge >= 0.3 is 0 Å². The second-order valence-electron chi connectivity index (χ2n) is 17.2. The predicted molar refractivity (Wildman–Crippen MR) is 254 cm³/mol. The molecule has 60 heavy (non-hydrogen) atoms. The lowest BCUT2D eigenvalue weighted by Crippen LogP contribution is -2.35. The van der Waals surface area contributed by atoms with Crippen LogP contribution in [-0.2, 0) is 5.41 Å². The smallest absolute Gasteiger partial charge is 0.135 e. The van der Waals surface area contributed by atoms with E-state index in [-0.39, 0.29) is 17.4 Å². The van der Waals surface area contributed by atoms with Crippen LogP contribution < -0.4 is 0 Å². The van der Waals surface area contributed by atoms with Gasteiger partial charge in [-0.2, -0.15) is 0 Å². The first-order valence-corrected chi connectivity index (χ1v) is 21.9. The van der Waals surface area contributed by atoms with Crippen molar-refractivity contribution in [2.45, 2.75) is 76.7 Å². The van der Waals surface area contributed by atoms with Crippen molar-refractivity contribution in [3.63, 3.8) is 0 Å². The third-order valence-corrected chi connectivity index (χ3v) is 13.3. The quantitative estimate of drug-likeness (QED) is 0.148. The van der Waals surface area contributed by atoms with Crippen LogP contribution >= 0.6 is 0 Å². The van der Waals surface area contributed by atoms with Crippen molar-refractivity contribution in [1.29, 1.82) is 0 Å². The highest BCUT2D eigenvalue weighted by molar-refractivity contribution is 6.07. The minimum atomic E-state index is -0.103. The first-order valence-electron chi connectivity index (χ1n) is 21.9. The van der Waals surface area contributed by atoms with Crippen LogP contribution in [0.15, 0.2) is 209 Å². The number of hydrogen-bond acceptors (Lipinski definition) is 2. The molecule has 296 valence electrons. The summed E-state index contributed by atoms with van der Waals surface area (Å²) in [5.41, 5.74) is 18.7. The van der Waals surface area contributed by atoms with Crippen LogP contribution in [-0.4, -0.2) is 10.9 Å². The predicted octanol–water partition coefficient (Wildman–Crippen LogP) is 15.6. The summed E-state index contributed by atoms with van der Waals surface area (Å²) in [5, 5.41) is 2.41. The van der Waals surface area contributed by atoms with Gasteiger partial charge in [0.25, 0.3) is 0 Å². The molecule has 0 bridgehead atoms. The van der Waals surface area contributed by atoms with Crippen molar-refractivity contribution in [3.05, 3.63) is 227 Å². The second kappa shape index (κ2) is 15.7. The highest BCUT2D eigenvalue weighted by Crippen LogP contribution is 2.50. The van der Waals surface area contributed by atoms with Gasteiger partial charge in [-0.25, -0.2) is 0 Å². The maximum atomic E-state index is 6.38. The summed E-state index contributed by atoms with van der Waals surface area (Å²) in [6, 6.07) is 31.4. The van der Waals surface area contributed by atoms with Gasteiger partial charge < -0.3 is 9.32 Å². The summed E-state index contributed by atoms with van der Waals surface area (Å²) >= 11 is 0. The largest absolute Gasteiger partial charge is 0.456 e. The lowest BCUT2D eigenvalue weighted by molar-refractivity contribution is 0.354. The Morgan fingerprint density at radius 3 is 2.38 bits per heavy atom. The third-order valence-electron chi connectivity index (χ3n) is 13.3. The molecule has 2 unspecified atom stereocenters. The van der Waals surface area contributed by atoms with Crippen molar-refractivity contribution < 1.29 is 4.42 Å². The highest BCUT2D eigenvalue weighted by atomic mass is 16.3. The summed E-state index contributed by atoms with van der Waals surface area (Å²) in [4.78, 5) is 2.69. The molecule has 0 N–H and O–H groups in total. The van der Waals surface area contributed by atoms with Gasteiger partial charge in [-0.3, -0.25) is 0 Å². The van der Waals surface area contributed by atoms with Crippen LogP contribution in [0.25, 0.3) is 44.2 Å². The molecule has 0 radical (unpaired) electrons. The first-order chi connectivity index (χ1) is 29.4. The van der Waals surface area contributed by atoms with Crippen LogP contribution in [0.1, 0.15) is 87.5 Å². The van der Waals surface area contributed by atoms with Gasteiger partial charge in [0, 0.05) is 39.1 Å². The molecule has 0 saturated carbocycles. The SMILES string of the molecule is C=CC1=C(/C=C\C)c2cc(-c3ccccc3C3=CCCC=C3N(C3=CC=CC(c4cccc5oc6ccccc6c45)C3)C3C=CC(C4=CCCC=C4)=CC3)ccc2C1(C)C. The van der Waals surface area contributed by atoms with Crippen molar-refractivity contribution in [2.24, 2.45) is 0 Å². The molecule has 0 fully saturated rings. The van der Waals surface area contributed by atoms with Crippen LogP contribution in [0.3, 0.4) is 0 Å². The van der Waals surface area contributed by atoms with Crippen LogP contribution in [0.4, 0.5) is 0 Å². The minimum Gasteiger partial charge on any atom is -0.456 e. The van der Waals surface area contributed by atoms with E-state index < -0.39 is 0 Å². The summed E-state index contributed by atoms with van der Waals surface area (Å²) < 4.78 is 6.38. The second-order valence-corrected chi connectivity index (χ2v) is 17.2. The molecular formula is C58H53NO. The maximum absolute atomic E-state index is 6.38. The van der Waals surface area contributed by atoms with E-state index in [1.165, 1.54) is 83.4 Å². The lowest BCUT2D eigenvalue weighted by Gasteiger charge is -2.40. The van der Waals surface area contributed by atoms with Crippen LogP contribution in [0.2, 0.25) is 0 Å². The monoisotopic (exact) mass is 779 g/mol. The molecule has 0 spiro atoms. The van der Waals surface area contributed by atoms with Crippen molar-refractivity contribution in [2.75, 3.05) is 0 Å². The van der Waals surface area contributed by atoms with E-state index in [2.05, 4.69) is 202 Å². The number of furan rings is 1. The number of fused-ring (bicyclic) bond motifs is 4. The molecule has 1 aromatic heterocycles. The number of para-hydroxylation sites is 1. The van der Waals surface area contributed by atoms with Crippen LogP contribution in [0.5, 0.6) is 0 Å². The van der Waals surface area contributed by atoms with Gasteiger partial charge in [-0.1, -0.05) is 166 Å². The summed E-state index contributed by atoms with van der Waals surface area (Å²) in [6.07, 6.45) is 38.9. The lowest BCUT2D eigenvalue weighted by atomic mass is 9.80. The van der Waals surface area contributed by atoms with Crippen molar-refractivity contribution >= 4 is 33.1 Å². The average Bonchev–Trinajstić information content (AvgIpc) is 3.78. The van der Waals surface area contributed by atoms with E-state index in [1.807, 2.05) is 0 Å². The van der Waals surface area contributed by atoms with E-state index in [1.54, 1.807) is 0 Å². The Morgan fingerprint density at radius 1 is 0.767 bits per heavy atom. The fourth-order valence-corrected chi connectivity index (χ4v) is 10.5. The van der Waals surface area contributed by atoms with E-state index >= 15 is 0 Å². The Morgan fingerprint density at radius 2 is 1.57 bits per heavy atom. The molecule has 2 heteroatoms. The van der Waals surface area contributed by atoms with E-state index in [0.29, 0.717) is 0 Å². The van der Waals surface area contributed by atoms with Gasteiger partial charge in [0.05, 0.1) is 6.04 Å². The maximum Gasteiger partial charge on any atom is 0.135 e. The van der Waals surface area contributed by atoms with Gasteiger partial charge in [-0.15, -0.1) is 0 Å². The normalized spacial score (nSPS) is 20.9. The summed E-state index contributed by atoms with van der Waals surface area (Å²) in [5.74, 6) is 0.202. The first kappa shape index (κ1) is 37.9. The number of allylic oxidation sites excluding steroid dienone is 18. The average molecular weight is 780 g/mol. The van der Waals surface area contributed by atoms with Crippen molar-refractivity contribution in [3.8, 4) is 11.1 Å². The van der Waals surface area contributed by atoms with Gasteiger partial charge in [0.15, 0.2) is 0 Å². The number of hydrogen-bond donors (Lipinski definition) is 0. The third kappa shape index (κ3) is 6.50. The Balaban J connectivity index is 1.06. The summed E-state index contributed by atoms with van der Waals surface area (Å²) in [6.45, 7) is 11.0. The molecule has 4 aromatic carbocycles. The number of benzene rings is 4. The summed E-state index contributed by atoms with van der Waals surface area (Å²) in [7, 11) is 0. The Kier molecular flexibility index (Phi) is 9.88. The molecule has 1 heterocycles. The molecule has 5 aliphatic rings. The molecule has 10 rings (SSSR count). The van der Waals surface area contributed by atoms with Gasteiger partial charge in [0.1, 0.15) is 11.2 Å². The molecule has 0 saturated heterocycles. The molecule has 0 amide bonds. The Hall–Kier alpha value is -6.38. The molecular weight excluding hydrogens is 727 g/mol. The molecule has 2 atom stereocenters. The molecule has 5 aromatic rings. The standard InChI is InChI=1S/C58H53NO/c1-5-18-48-51-38-42(33-36-53(51)58(3,4)52(48)6-2)45-23-10-11-24-47(45)49-25-12-14-28-54(49)59(43-34-31-40(32-35-43)39-19-8-7-9-20-39)44-22-16-21-41(37-44)46-27-17-30-56-57(46)50-26-13-15-29-55(50)60-56/h5-6,8,10-11,13,15-34,36,38,41,43H,2,7,9,12,14,35,37H2,1,3-4H3/b18-5-. The zero-order chi connectivity index (χ0) is 40.8. The molecule has 2 nitrogen and oxygen atoms in total. The topological polar surface area (TPSA) is 16.4 Å². The van der Waals surface area contributed by atoms with Crippen molar-refractivity contribution in [1.82, 2.24) is 4.90 Å². The Labute approximate surface area is 355 Å². The van der Waals surface area contributed by atoms with E-state index in [9.17, 15) is 0 Å². The zero-order valence-corrected chi connectivity index (χ0v) is 35.1. The Bertz CT molecular complexity index is 2880. The van der Waals surface area contributed by atoms with Crippen LogP contribution in [0, 0.1) is 0 Å². The van der Waals surface area contributed by atoms with E-state index in [0.717, 1.165) is 49.7 Å². The highest BCUT2D eigenvalue weighted by Gasteiger charge is 2.36. The van der Waals surface area contributed by atoms with E-state index in [4.69, 9.17) is 4.42 Å². The van der Waals surface area contributed by atoms with Gasteiger partial charge in [0.2, 0.25) is 0 Å². The zero-order valence-electron chi connectivity index (χ0n) is 35.1. The molecule has 0 aliphatic heterocycles. The number of rotatable bonds is 9. The van der Waals surface area contributed by atoms with Gasteiger partial charge in [-0.05, 0) is 125 Å². The fourth-order valence-electron chi connectivity index (χ4n) is 10.5. The minimum absolute atomic E-state index is 0.103. The fraction of sp³-hybridized carbons (Fsp3) is 0.207.